The number of hydrogen-bond donors (Lipinski definition) is 2. The van der Waals surface area contributed by atoms with Crippen LogP contribution in [-0.2, 0) is 16.6 Å². The van der Waals surface area contributed by atoms with Crippen molar-refractivity contribution in [2.45, 2.75) is 11.4 Å². The van der Waals surface area contributed by atoms with Gasteiger partial charge in [-0.2, -0.15) is 0 Å². The number of aromatic nitrogens is 1. The van der Waals surface area contributed by atoms with Crippen molar-refractivity contribution in [1.82, 2.24) is 4.57 Å². The highest BCUT2D eigenvalue weighted by Gasteiger charge is 2.18. The number of para-hydroxylation sites is 1. The van der Waals surface area contributed by atoms with Crippen LogP contribution in [0, 0.1) is 0 Å². The van der Waals surface area contributed by atoms with E-state index in [0.717, 1.165) is 16.5 Å². The first-order chi connectivity index (χ1) is 14.9. The zero-order valence-corrected chi connectivity index (χ0v) is 17.6. The van der Waals surface area contributed by atoms with E-state index in [1.165, 1.54) is 25.3 Å². The third-order valence-electron chi connectivity index (χ3n) is 4.98. The molecule has 0 fully saturated rings. The lowest BCUT2D eigenvalue weighted by Crippen LogP contribution is -2.15. The van der Waals surface area contributed by atoms with E-state index in [9.17, 15) is 13.2 Å². The lowest BCUT2D eigenvalue weighted by atomic mass is 10.1. The van der Waals surface area contributed by atoms with Crippen molar-refractivity contribution in [2.75, 3.05) is 12.4 Å². The maximum Gasteiger partial charge on any atom is 0.257 e. The molecule has 158 valence electrons. The van der Waals surface area contributed by atoms with Crippen molar-refractivity contribution in [2.24, 2.45) is 5.14 Å². The van der Waals surface area contributed by atoms with Gasteiger partial charge in [0.15, 0.2) is 0 Å². The van der Waals surface area contributed by atoms with Crippen LogP contribution in [0.1, 0.15) is 15.9 Å². The summed E-state index contributed by atoms with van der Waals surface area (Å²) in [6.07, 6.45) is 1.79. The summed E-state index contributed by atoms with van der Waals surface area (Å²) in [7, 11) is -2.49. The molecule has 0 bridgehead atoms. The molecule has 31 heavy (non-hydrogen) atoms. The molecule has 3 aromatic carbocycles. The highest BCUT2D eigenvalue weighted by Crippen LogP contribution is 2.29. The van der Waals surface area contributed by atoms with Crippen LogP contribution >= 0.6 is 0 Å². The maximum atomic E-state index is 13.2. The van der Waals surface area contributed by atoms with E-state index in [1.54, 1.807) is 6.20 Å². The molecule has 1 heterocycles. The number of amides is 1. The molecule has 1 amide bonds. The van der Waals surface area contributed by atoms with Crippen LogP contribution in [0.5, 0.6) is 5.75 Å². The SMILES string of the molecule is COc1ccc(S(N)(=O)=O)cc1NC(=O)c1cn(Cc2ccccc2)c2ccccc12. The number of nitrogens with two attached hydrogens (primary N) is 1. The molecule has 8 heteroatoms. The first kappa shape index (κ1) is 20.6. The minimum Gasteiger partial charge on any atom is -0.495 e. The predicted octanol–water partition coefficient (Wildman–Crippen LogP) is 3.60. The lowest BCUT2D eigenvalue weighted by Gasteiger charge is -2.11. The summed E-state index contributed by atoms with van der Waals surface area (Å²) in [6.45, 7) is 0.610. The molecule has 1 aromatic heterocycles. The minimum atomic E-state index is -3.93. The standard InChI is InChI=1S/C23H21N3O4S/c1-30-22-12-11-17(31(24,28)29)13-20(22)25-23(27)19-15-26(14-16-7-3-2-4-8-16)21-10-6-5-9-18(19)21/h2-13,15H,14H2,1H3,(H,25,27)(H2,24,28,29). The van der Waals surface area contributed by atoms with Crippen LogP contribution in [-0.4, -0.2) is 26.0 Å². The highest BCUT2D eigenvalue weighted by atomic mass is 32.2. The van der Waals surface area contributed by atoms with E-state index in [0.29, 0.717) is 17.9 Å². The summed E-state index contributed by atoms with van der Waals surface area (Å²) in [5, 5.41) is 8.78. The number of carbonyl (C=O) groups excluding carboxylic acids is 1. The number of ether oxygens (including phenoxy) is 1. The highest BCUT2D eigenvalue weighted by molar-refractivity contribution is 7.89. The fourth-order valence-electron chi connectivity index (χ4n) is 3.49. The molecule has 7 nitrogen and oxygen atoms in total. The average Bonchev–Trinajstić information content (AvgIpc) is 3.12. The van der Waals surface area contributed by atoms with E-state index in [2.05, 4.69) is 5.32 Å². The van der Waals surface area contributed by atoms with E-state index < -0.39 is 10.0 Å². The van der Waals surface area contributed by atoms with Crippen LogP contribution in [0.25, 0.3) is 10.9 Å². The third-order valence-corrected chi connectivity index (χ3v) is 5.89. The van der Waals surface area contributed by atoms with Gasteiger partial charge in [0.2, 0.25) is 10.0 Å². The van der Waals surface area contributed by atoms with Gasteiger partial charge in [0.1, 0.15) is 5.75 Å². The second-order valence-corrected chi connectivity index (χ2v) is 8.60. The fourth-order valence-corrected chi connectivity index (χ4v) is 4.03. The Morgan fingerprint density at radius 1 is 1.03 bits per heavy atom. The zero-order chi connectivity index (χ0) is 22.0. The molecule has 0 radical (unpaired) electrons. The van der Waals surface area contributed by atoms with E-state index in [4.69, 9.17) is 9.88 Å². The van der Waals surface area contributed by atoms with Crippen molar-refractivity contribution < 1.29 is 17.9 Å². The van der Waals surface area contributed by atoms with Crippen molar-refractivity contribution in [3.63, 3.8) is 0 Å². The fraction of sp³-hybridized carbons (Fsp3) is 0.0870. The number of nitrogens with one attached hydrogen (secondary N) is 1. The van der Waals surface area contributed by atoms with Crippen LogP contribution in [0.2, 0.25) is 0 Å². The largest absolute Gasteiger partial charge is 0.495 e. The molecular formula is C23H21N3O4S. The Kier molecular flexibility index (Phi) is 5.50. The number of carbonyl (C=O) groups is 1. The number of hydrogen-bond acceptors (Lipinski definition) is 4. The molecule has 0 spiro atoms. The van der Waals surface area contributed by atoms with E-state index in [-0.39, 0.29) is 16.5 Å². The second-order valence-electron chi connectivity index (χ2n) is 7.03. The van der Waals surface area contributed by atoms with Crippen LogP contribution in [0.4, 0.5) is 5.69 Å². The van der Waals surface area contributed by atoms with Gasteiger partial charge in [0.25, 0.3) is 5.91 Å². The zero-order valence-electron chi connectivity index (χ0n) is 16.8. The van der Waals surface area contributed by atoms with Crippen LogP contribution in [0.15, 0.2) is 83.9 Å². The van der Waals surface area contributed by atoms with Gasteiger partial charge >= 0.3 is 0 Å². The number of anilines is 1. The second kappa shape index (κ2) is 8.25. The monoisotopic (exact) mass is 435 g/mol. The Bertz CT molecular complexity index is 1360. The number of nitrogens with zero attached hydrogens (tertiary/aromatic N) is 1. The summed E-state index contributed by atoms with van der Waals surface area (Å²) >= 11 is 0. The van der Waals surface area contributed by atoms with Crippen molar-refractivity contribution in [1.29, 1.82) is 0 Å². The molecule has 3 N–H and O–H groups in total. The van der Waals surface area contributed by atoms with Gasteiger partial charge in [-0.05, 0) is 29.8 Å². The summed E-state index contributed by atoms with van der Waals surface area (Å²) < 4.78 is 30.7. The normalized spacial score (nSPS) is 11.4. The third kappa shape index (κ3) is 4.30. The van der Waals surface area contributed by atoms with Gasteiger partial charge in [0.05, 0.1) is 23.3 Å². The molecule has 0 unspecified atom stereocenters. The Morgan fingerprint density at radius 2 is 1.74 bits per heavy atom. The number of benzene rings is 3. The first-order valence-electron chi connectivity index (χ1n) is 9.51. The van der Waals surface area contributed by atoms with Crippen molar-refractivity contribution >= 4 is 32.5 Å². The van der Waals surface area contributed by atoms with Crippen LogP contribution < -0.4 is 15.2 Å². The van der Waals surface area contributed by atoms with E-state index >= 15 is 0 Å². The summed E-state index contributed by atoms with van der Waals surface area (Å²) in [5.41, 5.74) is 2.72. The number of rotatable bonds is 6. The smallest absolute Gasteiger partial charge is 0.257 e. The molecule has 4 rings (SSSR count). The molecule has 0 saturated carbocycles. The summed E-state index contributed by atoms with van der Waals surface area (Å²) in [4.78, 5) is 13.0. The van der Waals surface area contributed by atoms with E-state index in [1.807, 2.05) is 59.2 Å². The summed E-state index contributed by atoms with van der Waals surface area (Å²) in [5.74, 6) is -0.0540. The number of sulfonamides is 1. The Hall–Kier alpha value is -3.62. The molecular weight excluding hydrogens is 414 g/mol. The number of fused-ring (bicyclic) bond motifs is 1. The van der Waals surface area contributed by atoms with Gasteiger partial charge in [-0.25, -0.2) is 13.6 Å². The Labute approximate surface area is 180 Å². The molecule has 0 saturated heterocycles. The molecule has 0 aliphatic heterocycles. The average molecular weight is 436 g/mol. The topological polar surface area (TPSA) is 103 Å². The maximum absolute atomic E-state index is 13.2. The van der Waals surface area contributed by atoms with Crippen LogP contribution in [0.3, 0.4) is 0 Å². The molecule has 0 aliphatic carbocycles. The molecule has 0 aliphatic rings. The van der Waals surface area contributed by atoms with Crippen molar-refractivity contribution in [3.8, 4) is 5.75 Å². The van der Waals surface area contributed by atoms with Gasteiger partial charge in [-0.3, -0.25) is 4.79 Å². The minimum absolute atomic E-state index is 0.116. The molecule has 4 aromatic rings. The van der Waals surface area contributed by atoms with Crippen molar-refractivity contribution in [3.05, 3.63) is 90.1 Å². The quantitative estimate of drug-likeness (QED) is 0.483. The van der Waals surface area contributed by atoms with Gasteiger partial charge in [0, 0.05) is 23.6 Å². The Morgan fingerprint density at radius 3 is 2.45 bits per heavy atom. The van der Waals surface area contributed by atoms with Gasteiger partial charge in [-0.1, -0.05) is 48.5 Å². The Balaban J connectivity index is 1.72. The molecule has 0 atom stereocenters. The van der Waals surface area contributed by atoms with Gasteiger partial charge < -0.3 is 14.6 Å². The predicted molar refractivity (Wildman–Crippen MR) is 120 cm³/mol. The first-order valence-corrected chi connectivity index (χ1v) is 11.1. The summed E-state index contributed by atoms with van der Waals surface area (Å²) in [6, 6.07) is 21.6. The number of methoxy groups -OCH3 is 1. The van der Waals surface area contributed by atoms with Gasteiger partial charge in [-0.15, -0.1) is 0 Å². The lowest BCUT2D eigenvalue weighted by molar-refractivity contribution is 0.102. The number of primary sulfonamides is 1.